The van der Waals surface area contributed by atoms with Gasteiger partial charge >= 0.3 is 41.9 Å². The van der Waals surface area contributed by atoms with Crippen LogP contribution in [0, 0.1) is 35.5 Å². The van der Waals surface area contributed by atoms with E-state index in [1.54, 1.807) is 12.1 Å². The maximum Gasteiger partial charge on any atom is 0.426 e. The van der Waals surface area contributed by atoms with E-state index < -0.39 is 176 Å². The summed E-state index contributed by atoms with van der Waals surface area (Å²) < 4.78 is 16.7. The number of piperidine rings is 1. The van der Waals surface area contributed by atoms with Crippen molar-refractivity contribution in [3.05, 3.63) is 45.9 Å². The van der Waals surface area contributed by atoms with E-state index in [1.165, 1.54) is 36.3 Å². The van der Waals surface area contributed by atoms with E-state index in [-0.39, 0.29) is 90.3 Å². The first kappa shape index (κ1) is 85.0. The largest absolute Gasteiger partial charge is 0.508 e. The van der Waals surface area contributed by atoms with E-state index in [9.17, 15) is 92.7 Å². The van der Waals surface area contributed by atoms with Gasteiger partial charge in [0.25, 0.3) is 5.91 Å². The minimum atomic E-state index is -1.90. The second kappa shape index (κ2) is 43.3. The molecule has 0 aliphatic carbocycles. The zero-order valence-corrected chi connectivity index (χ0v) is 59.6. The van der Waals surface area contributed by atoms with Crippen LogP contribution in [0.1, 0.15) is 172 Å². The van der Waals surface area contributed by atoms with Crippen LogP contribution in [0.15, 0.2) is 29.6 Å². The minimum absolute atomic E-state index is 0.0231. The summed E-state index contributed by atoms with van der Waals surface area (Å²) in [7, 11) is 3.77. The molecule has 11 atom stereocenters. The topological polar surface area (TPSA) is 464 Å². The number of likely N-dealkylation sites (N-methyl/N-ethyl adjacent to an activating group) is 1. The van der Waals surface area contributed by atoms with Crippen molar-refractivity contribution < 1.29 is 112 Å². The maximum atomic E-state index is 15.0. The molecule has 31 nitrogen and oxygen atoms in total. The number of thiazole rings is 1. The highest BCUT2D eigenvalue weighted by atomic mass is 33.1. The van der Waals surface area contributed by atoms with Crippen LogP contribution in [0.3, 0.4) is 0 Å². The molecule has 3 rings (SSSR count). The Hall–Kier alpha value is -8.24. The fourth-order valence-electron chi connectivity index (χ4n) is 10.9. The predicted molar refractivity (Wildman–Crippen MR) is 360 cm³/mol. The lowest BCUT2D eigenvalue weighted by Gasteiger charge is -2.39. The summed E-state index contributed by atoms with van der Waals surface area (Å²) in [5.74, 6) is -19.3. The predicted octanol–water partition coefficient (Wildman–Crippen LogP) is 5.26. The van der Waals surface area contributed by atoms with Gasteiger partial charge in [0.1, 0.15) is 34.9 Å². The molecule has 550 valence electrons. The number of likely N-dealkylation sites (tertiary alicyclic amines) is 1. The number of phenolic OH excluding ortho intramolecular Hbond substituents is 1. The second-order valence-corrected chi connectivity index (χ2v) is 28.4. The third-order valence-corrected chi connectivity index (χ3v) is 19.7. The molecule has 99 heavy (non-hydrogen) atoms. The average molecular weight is 1450 g/mol. The number of ether oxygens (including phenoxy) is 3. The number of benzene rings is 1. The van der Waals surface area contributed by atoms with E-state index in [0.29, 0.717) is 24.8 Å². The molecule has 2 aromatic rings. The highest BCUT2D eigenvalue weighted by Gasteiger charge is 2.41. The van der Waals surface area contributed by atoms with Crippen molar-refractivity contribution in [3.8, 4) is 5.75 Å². The molecule has 0 saturated carbocycles. The van der Waals surface area contributed by atoms with Crippen molar-refractivity contribution in [1.82, 2.24) is 41.6 Å². The summed E-state index contributed by atoms with van der Waals surface area (Å²) in [4.78, 5) is 201. The van der Waals surface area contributed by atoms with E-state index in [0.717, 1.165) is 59.2 Å². The number of carboxylic acids is 4. The van der Waals surface area contributed by atoms with Crippen LogP contribution in [-0.4, -0.2) is 198 Å². The first-order chi connectivity index (χ1) is 46.6. The van der Waals surface area contributed by atoms with Gasteiger partial charge in [-0.3, -0.25) is 67.9 Å². The Morgan fingerprint density at radius 2 is 1.36 bits per heavy atom. The highest BCUT2D eigenvalue weighted by molar-refractivity contribution is 8.76. The SMILES string of the molecule is CCCC(=O)OCN(C(=O)[C@@H](CC(=O)[C@H]1CCCCN1C)C(C)CC)[C@H](C[C@@H](OC(C)=O)c1nc(C(=O)N[C@@H](Cc2ccc(O)cc2)C[C@H](C)C(=O)NNC(=O)OCCSSC[C@H](NC(=O)[C@H](CC(=O)O)CC(=O)[C@H](CC(=O)O)NC(=O)[C@@H](CC(C)=O)CC(=O)O)C(=O)O)cs1)C(C)C. The second-order valence-electron chi connectivity index (χ2n) is 24.8. The maximum absolute atomic E-state index is 15.0. The summed E-state index contributed by atoms with van der Waals surface area (Å²) in [6, 6.07) is 0.677. The van der Waals surface area contributed by atoms with E-state index in [1.807, 2.05) is 46.6 Å². The monoisotopic (exact) mass is 1450 g/mol. The van der Waals surface area contributed by atoms with Gasteiger partial charge < -0.3 is 65.4 Å². The summed E-state index contributed by atoms with van der Waals surface area (Å²) in [5, 5.41) is 56.8. The van der Waals surface area contributed by atoms with E-state index in [4.69, 9.17) is 14.2 Å². The number of nitrogens with one attached hydrogen (secondary N) is 5. The Morgan fingerprint density at radius 1 is 0.737 bits per heavy atom. The van der Waals surface area contributed by atoms with Gasteiger partial charge in [-0.1, -0.05) is 88.1 Å². The van der Waals surface area contributed by atoms with Crippen LogP contribution in [0.5, 0.6) is 5.75 Å². The number of esters is 2. The molecular weight excluding hydrogens is 1360 g/mol. The standard InChI is InChI=1S/C65H94N8O23S3/c1-10-14-57(85)95-34-73(63(90)45(36(5)11-2)29-52(78)49-15-12-13-20-72(49)9)50(35(3)4)31-53(96-39(8)75)62-69-47(32-97-62)61(89)66-43(25-40-16-18-44(76)19-17-40)23-37(6)58(86)70-71-65(93)94-21-22-98-99-33-48(64(91)92)68-60(88)42(28-55(81)82)26-51(77)46(30-56(83)84)67-59(87)41(24-38(7)74)27-54(79)80/h16-19,32,35-37,41-43,45-46,48-50,53,76H,10-15,20-31,33-34H2,1-9H3,(H,66,89)(H,67,87)(H,68,88)(H,70,86)(H,71,93)(H,79,80)(H,81,82)(H,83,84)(H,91,92)/t36?,37-,41-,42-,43+,45-,46-,48-,49+,50+,53+/m0/s1. The lowest BCUT2D eigenvalue weighted by atomic mass is 9.82. The zero-order valence-electron chi connectivity index (χ0n) is 57.1. The third kappa shape index (κ3) is 30.8. The van der Waals surface area contributed by atoms with Crippen LogP contribution in [-0.2, 0) is 83.0 Å². The van der Waals surface area contributed by atoms with Gasteiger partial charge in [0.2, 0.25) is 23.6 Å². The fourth-order valence-corrected chi connectivity index (χ4v) is 13.7. The van der Waals surface area contributed by atoms with Crippen molar-refractivity contribution in [2.24, 2.45) is 35.5 Å². The molecule has 1 aromatic heterocycles. The minimum Gasteiger partial charge on any atom is -0.508 e. The number of amides is 6. The number of aromatic nitrogens is 1. The first-order valence-electron chi connectivity index (χ1n) is 32.5. The summed E-state index contributed by atoms with van der Waals surface area (Å²) in [5.41, 5.74) is 4.97. The van der Waals surface area contributed by atoms with Crippen molar-refractivity contribution in [1.29, 1.82) is 0 Å². The zero-order chi connectivity index (χ0) is 74.2. The van der Waals surface area contributed by atoms with Gasteiger partial charge in [0.15, 0.2) is 24.4 Å². The molecule has 1 aliphatic heterocycles. The number of aromatic hydroxyl groups is 1. The van der Waals surface area contributed by atoms with Gasteiger partial charge in [0, 0.05) is 79.8 Å². The Bertz CT molecular complexity index is 3120. The van der Waals surface area contributed by atoms with Crippen molar-refractivity contribution in [3.63, 3.8) is 0 Å². The molecule has 1 aliphatic rings. The van der Waals surface area contributed by atoms with Gasteiger partial charge in [-0.05, 0) is 82.2 Å². The number of phenols is 1. The van der Waals surface area contributed by atoms with Crippen molar-refractivity contribution in [2.75, 3.05) is 38.4 Å². The highest BCUT2D eigenvalue weighted by Crippen LogP contribution is 2.34. The molecule has 1 saturated heterocycles. The number of carbonyl (C=O) groups is 15. The lowest BCUT2D eigenvalue weighted by molar-refractivity contribution is -0.162. The molecule has 6 amide bonds. The molecule has 10 N–H and O–H groups in total. The van der Waals surface area contributed by atoms with E-state index in [2.05, 4.69) is 31.8 Å². The normalized spacial score (nSPS) is 16.0. The van der Waals surface area contributed by atoms with Crippen molar-refractivity contribution >= 4 is 122 Å². The van der Waals surface area contributed by atoms with Crippen molar-refractivity contribution in [2.45, 2.75) is 188 Å². The smallest absolute Gasteiger partial charge is 0.426 e. The third-order valence-electron chi connectivity index (χ3n) is 16.4. The van der Waals surface area contributed by atoms with Gasteiger partial charge in [-0.25, -0.2) is 20.0 Å². The number of hydrogen-bond donors (Lipinski definition) is 10. The fraction of sp³-hybridized carbons (Fsp3) is 0.631. The number of Topliss-reactive ketones (excluding diaryl/α,β-unsaturated/α-hetero) is 3. The molecule has 0 radical (unpaired) electrons. The van der Waals surface area contributed by atoms with Gasteiger partial charge in [-0.15, -0.1) is 11.3 Å². The van der Waals surface area contributed by atoms with Crippen LogP contribution in [0.2, 0.25) is 0 Å². The number of carbonyl (C=O) groups excluding carboxylic acids is 11. The Kier molecular flexibility index (Phi) is 37.2. The van der Waals surface area contributed by atoms with Crippen LogP contribution in [0.4, 0.5) is 4.79 Å². The number of carboxylic acid groups (broad SMARTS) is 4. The number of ketones is 3. The first-order valence-corrected chi connectivity index (χ1v) is 35.9. The molecule has 1 unspecified atom stereocenters. The van der Waals surface area contributed by atoms with Crippen LogP contribution in [0.25, 0.3) is 0 Å². The van der Waals surface area contributed by atoms with Crippen LogP contribution >= 0.6 is 32.9 Å². The number of rotatable bonds is 45. The number of nitrogens with zero attached hydrogens (tertiary/aromatic N) is 3. The lowest BCUT2D eigenvalue weighted by Crippen LogP contribution is -2.50. The van der Waals surface area contributed by atoms with Gasteiger partial charge in [-0.2, -0.15) is 0 Å². The molecular formula is C65H94N8O23S3. The Labute approximate surface area is 585 Å². The molecule has 1 fully saturated rings. The Morgan fingerprint density at radius 3 is 1.93 bits per heavy atom. The number of hydrazine groups is 1. The quantitative estimate of drug-likeness (QED) is 0.0101. The average Bonchev–Trinajstić information content (AvgIpc) is 1.76. The number of hydrogen-bond acceptors (Lipinski definition) is 24. The summed E-state index contributed by atoms with van der Waals surface area (Å²) in [6.45, 7) is 13.2. The van der Waals surface area contributed by atoms with Crippen LogP contribution < -0.4 is 26.8 Å². The summed E-state index contributed by atoms with van der Waals surface area (Å²) in [6.07, 6.45) is -2.99. The molecule has 0 bridgehead atoms. The molecule has 2 heterocycles. The number of aliphatic carboxylic acids is 4. The van der Waals surface area contributed by atoms with E-state index >= 15 is 4.79 Å². The molecule has 34 heteroatoms. The molecule has 1 aromatic carbocycles. The van der Waals surface area contributed by atoms with Gasteiger partial charge in [0.05, 0.1) is 43.2 Å². The molecule has 0 spiro atoms. The summed E-state index contributed by atoms with van der Waals surface area (Å²) >= 11 is 1.02. The Balaban J connectivity index is 1.69.